The van der Waals surface area contributed by atoms with Gasteiger partial charge < -0.3 is 5.11 Å². The molecule has 0 amide bonds. The maximum absolute atomic E-state index is 13.3. The van der Waals surface area contributed by atoms with Crippen LogP contribution in [0.25, 0.3) is 0 Å². The van der Waals surface area contributed by atoms with E-state index in [1.807, 2.05) is 0 Å². The van der Waals surface area contributed by atoms with Crippen molar-refractivity contribution in [2.24, 2.45) is 46.3 Å². The highest BCUT2D eigenvalue weighted by Gasteiger charge is 2.65. The number of ketones is 2. The molecule has 9 atom stereocenters. The van der Waals surface area contributed by atoms with E-state index in [1.165, 1.54) is 12.8 Å². The molecule has 4 fully saturated rings. The van der Waals surface area contributed by atoms with E-state index in [2.05, 4.69) is 27.7 Å². The van der Waals surface area contributed by atoms with Gasteiger partial charge in [0.1, 0.15) is 11.6 Å². The van der Waals surface area contributed by atoms with Crippen molar-refractivity contribution >= 4 is 11.6 Å². The molecule has 0 heterocycles. The van der Waals surface area contributed by atoms with Gasteiger partial charge in [-0.3, -0.25) is 9.59 Å². The lowest BCUT2D eigenvalue weighted by Gasteiger charge is -2.61. The van der Waals surface area contributed by atoms with Crippen LogP contribution in [0.5, 0.6) is 0 Å². The molecule has 0 saturated heterocycles. The smallest absolute Gasteiger partial charge is 0.136 e. The first-order valence-corrected chi connectivity index (χ1v) is 11.5. The van der Waals surface area contributed by atoms with E-state index in [9.17, 15) is 14.7 Å². The molecular formula is C24H38O3. The van der Waals surface area contributed by atoms with Crippen molar-refractivity contribution in [3.63, 3.8) is 0 Å². The molecule has 0 aromatic rings. The molecule has 4 saturated carbocycles. The third-order valence-corrected chi connectivity index (χ3v) is 9.90. The summed E-state index contributed by atoms with van der Waals surface area (Å²) in [7, 11) is 0. The zero-order valence-electron chi connectivity index (χ0n) is 17.7. The summed E-state index contributed by atoms with van der Waals surface area (Å²) >= 11 is 0. The van der Waals surface area contributed by atoms with Gasteiger partial charge >= 0.3 is 0 Å². The van der Waals surface area contributed by atoms with Crippen LogP contribution < -0.4 is 0 Å². The van der Waals surface area contributed by atoms with E-state index >= 15 is 0 Å². The molecule has 0 aromatic carbocycles. The normalized spacial score (nSPS) is 50.7. The number of hydrogen-bond donors (Lipinski definition) is 1. The first kappa shape index (κ1) is 19.6. The lowest BCUT2D eigenvalue weighted by Crippen LogP contribution is -2.61. The van der Waals surface area contributed by atoms with Crippen LogP contribution in [0.2, 0.25) is 0 Å². The van der Waals surface area contributed by atoms with Crippen molar-refractivity contribution in [3.05, 3.63) is 0 Å². The Morgan fingerprint density at radius 1 is 1.15 bits per heavy atom. The number of aliphatic hydroxyl groups is 1. The Bertz CT molecular complexity index is 627. The zero-order valence-corrected chi connectivity index (χ0v) is 17.7. The minimum Gasteiger partial charge on any atom is -0.393 e. The average molecular weight is 375 g/mol. The second kappa shape index (κ2) is 6.68. The highest BCUT2D eigenvalue weighted by atomic mass is 16.3. The molecular weight excluding hydrogens is 336 g/mol. The molecule has 0 spiro atoms. The molecule has 0 aliphatic heterocycles. The van der Waals surface area contributed by atoms with Crippen molar-refractivity contribution in [2.75, 3.05) is 0 Å². The molecule has 27 heavy (non-hydrogen) atoms. The highest BCUT2D eigenvalue weighted by Crippen LogP contribution is 2.67. The Morgan fingerprint density at radius 3 is 2.59 bits per heavy atom. The van der Waals surface area contributed by atoms with Crippen LogP contribution in [0.4, 0.5) is 0 Å². The minimum absolute atomic E-state index is 0.0575. The zero-order chi connectivity index (χ0) is 19.6. The molecule has 0 aromatic heterocycles. The Morgan fingerprint density at radius 2 is 1.89 bits per heavy atom. The molecule has 4 aliphatic rings. The van der Waals surface area contributed by atoms with Crippen LogP contribution in [0.1, 0.15) is 85.5 Å². The van der Waals surface area contributed by atoms with Gasteiger partial charge in [0, 0.05) is 30.6 Å². The first-order chi connectivity index (χ1) is 12.7. The molecule has 1 unspecified atom stereocenters. The van der Waals surface area contributed by atoms with E-state index in [1.54, 1.807) is 0 Å². The number of carbonyl (C=O) groups excluding carboxylic acids is 2. The van der Waals surface area contributed by atoms with Crippen LogP contribution in [0.15, 0.2) is 0 Å². The summed E-state index contributed by atoms with van der Waals surface area (Å²) in [4.78, 5) is 25.4. The maximum atomic E-state index is 13.3. The van der Waals surface area contributed by atoms with E-state index in [0.29, 0.717) is 48.6 Å². The highest BCUT2D eigenvalue weighted by molar-refractivity contribution is 5.86. The molecule has 4 rings (SSSR count). The number of Topliss-reactive ketones (excluding diaryl/α,β-unsaturated/α-hetero) is 2. The van der Waals surface area contributed by atoms with Crippen molar-refractivity contribution in [1.29, 1.82) is 0 Å². The standard InChI is InChI=1S/C24H38O3/c1-5-6-14(2)17-7-8-18-22-19(13-21(27)24(17,18)4)23(3)10-9-16(25)11-15(23)12-20(22)26/h14-15,17-19,21-22,27H,5-13H2,1-4H3/t14?,15-,17+,18-,19-,21-,22-,23-,24+/m0/s1. The number of fused-ring (bicyclic) bond motifs is 5. The quantitative estimate of drug-likeness (QED) is 0.772. The molecule has 0 radical (unpaired) electrons. The number of rotatable bonds is 3. The van der Waals surface area contributed by atoms with Gasteiger partial charge in [-0.05, 0) is 60.7 Å². The summed E-state index contributed by atoms with van der Waals surface area (Å²) in [6.45, 7) is 9.23. The van der Waals surface area contributed by atoms with Crippen molar-refractivity contribution in [2.45, 2.75) is 91.6 Å². The summed E-state index contributed by atoms with van der Waals surface area (Å²) in [5, 5.41) is 11.4. The van der Waals surface area contributed by atoms with Gasteiger partial charge in [-0.25, -0.2) is 0 Å². The maximum Gasteiger partial charge on any atom is 0.136 e. The predicted octanol–water partition coefficient (Wildman–Crippen LogP) is 4.80. The molecule has 4 aliphatic carbocycles. The summed E-state index contributed by atoms with van der Waals surface area (Å²) in [5.41, 5.74) is -0.0545. The van der Waals surface area contributed by atoms with Crippen LogP contribution in [-0.2, 0) is 9.59 Å². The van der Waals surface area contributed by atoms with E-state index < -0.39 is 0 Å². The van der Waals surface area contributed by atoms with Crippen LogP contribution in [0, 0.1) is 46.3 Å². The van der Waals surface area contributed by atoms with Gasteiger partial charge in [0.25, 0.3) is 0 Å². The van der Waals surface area contributed by atoms with Gasteiger partial charge in [-0.2, -0.15) is 0 Å². The minimum atomic E-state index is -0.309. The Balaban J connectivity index is 1.68. The molecule has 0 bridgehead atoms. The monoisotopic (exact) mass is 374 g/mol. The van der Waals surface area contributed by atoms with Gasteiger partial charge in [0.2, 0.25) is 0 Å². The van der Waals surface area contributed by atoms with Crippen molar-refractivity contribution < 1.29 is 14.7 Å². The summed E-state index contributed by atoms with van der Waals surface area (Å²) in [6, 6.07) is 0. The van der Waals surface area contributed by atoms with Crippen LogP contribution >= 0.6 is 0 Å². The third-order valence-electron chi connectivity index (χ3n) is 9.90. The van der Waals surface area contributed by atoms with Crippen molar-refractivity contribution in [1.82, 2.24) is 0 Å². The first-order valence-electron chi connectivity index (χ1n) is 11.5. The predicted molar refractivity (Wildman–Crippen MR) is 106 cm³/mol. The molecule has 3 nitrogen and oxygen atoms in total. The fraction of sp³-hybridized carbons (Fsp3) is 0.917. The summed E-state index contributed by atoms with van der Waals surface area (Å²) in [5.74, 6) is 2.81. The topological polar surface area (TPSA) is 54.4 Å². The third kappa shape index (κ3) is 2.70. The van der Waals surface area contributed by atoms with Crippen LogP contribution in [0.3, 0.4) is 0 Å². The van der Waals surface area contributed by atoms with Gasteiger partial charge in [0.05, 0.1) is 6.10 Å². The second-order valence-electron chi connectivity index (χ2n) is 10.9. The fourth-order valence-corrected chi connectivity index (χ4v) is 8.32. The largest absolute Gasteiger partial charge is 0.393 e. The van der Waals surface area contributed by atoms with Gasteiger partial charge in [-0.15, -0.1) is 0 Å². The molecule has 3 heteroatoms. The van der Waals surface area contributed by atoms with Crippen LogP contribution in [-0.4, -0.2) is 22.8 Å². The van der Waals surface area contributed by atoms with Gasteiger partial charge in [-0.1, -0.05) is 40.5 Å². The fourth-order valence-electron chi connectivity index (χ4n) is 8.32. The second-order valence-corrected chi connectivity index (χ2v) is 10.9. The van der Waals surface area contributed by atoms with E-state index in [-0.39, 0.29) is 34.7 Å². The SMILES string of the molecule is CCCC(C)[C@H]1CC[C@H]2[C@@H]3C(=O)C[C@@H]4CC(=O)CC[C@]4(C)[C@H]3C[C@H](O)[C@]12C. The Kier molecular flexibility index (Phi) is 4.85. The van der Waals surface area contributed by atoms with Crippen molar-refractivity contribution in [3.8, 4) is 0 Å². The Labute approximate surface area is 164 Å². The lowest BCUT2D eigenvalue weighted by molar-refractivity contribution is -0.178. The summed E-state index contributed by atoms with van der Waals surface area (Å²) < 4.78 is 0. The van der Waals surface area contributed by atoms with E-state index in [4.69, 9.17) is 0 Å². The molecule has 152 valence electrons. The number of hydrogen-bond acceptors (Lipinski definition) is 3. The van der Waals surface area contributed by atoms with Gasteiger partial charge in [0.15, 0.2) is 0 Å². The van der Waals surface area contributed by atoms with E-state index in [0.717, 1.165) is 25.7 Å². The average Bonchev–Trinajstić information content (AvgIpc) is 2.96. The lowest BCUT2D eigenvalue weighted by atomic mass is 9.43. The summed E-state index contributed by atoms with van der Waals surface area (Å²) in [6.07, 6.45) is 7.87. The Hall–Kier alpha value is -0.700. The number of carbonyl (C=O) groups is 2. The number of aliphatic hydroxyl groups excluding tert-OH is 1. The molecule has 1 N–H and O–H groups in total.